The van der Waals surface area contributed by atoms with Crippen LogP contribution in [0, 0.1) is 11.3 Å². The summed E-state index contributed by atoms with van der Waals surface area (Å²) in [5.74, 6) is 0.215. The molecule has 0 radical (unpaired) electrons. The molecule has 1 aromatic rings. The largest absolute Gasteiger partial charge is 0.483 e. The Kier molecular flexibility index (Phi) is 5.07. The smallest absolute Gasteiger partial charge is 0.290 e. The van der Waals surface area contributed by atoms with E-state index in [-0.39, 0.29) is 12.3 Å². The molecule has 1 aromatic heterocycles. The van der Waals surface area contributed by atoms with Gasteiger partial charge in [-0.15, -0.1) is 0 Å². The van der Waals surface area contributed by atoms with E-state index < -0.39 is 0 Å². The predicted molar refractivity (Wildman–Crippen MR) is 35.4 cm³/mol. The van der Waals surface area contributed by atoms with Gasteiger partial charge in [-0.3, -0.25) is 4.79 Å². The second-order valence-corrected chi connectivity index (χ2v) is 1.29. The summed E-state index contributed by atoms with van der Waals surface area (Å²) in [6.45, 7) is -0.250. The minimum atomic E-state index is -0.250. The summed E-state index contributed by atoms with van der Waals surface area (Å²) in [5, 5.41) is 15.1. The van der Waals surface area contributed by atoms with Gasteiger partial charge in [0.1, 0.15) is 6.07 Å². The molecule has 0 aliphatic heterocycles. The first-order valence-corrected chi connectivity index (χ1v) is 2.60. The van der Waals surface area contributed by atoms with E-state index in [0.29, 0.717) is 0 Å². The number of carboxylic acid groups (broad SMARTS) is 1. The van der Waals surface area contributed by atoms with E-state index in [9.17, 15) is 0 Å². The van der Waals surface area contributed by atoms with Crippen molar-refractivity contribution in [2.75, 3.05) is 0 Å². The van der Waals surface area contributed by atoms with Gasteiger partial charge in [-0.2, -0.15) is 5.26 Å². The molecule has 5 heteroatoms. The van der Waals surface area contributed by atoms with E-state index in [1.165, 1.54) is 12.4 Å². The average molecular weight is 151 g/mol. The molecular formula is C6H5N3O2. The van der Waals surface area contributed by atoms with Crippen molar-refractivity contribution in [3.05, 3.63) is 24.3 Å². The number of aromatic nitrogens is 2. The molecule has 0 unspecified atom stereocenters. The van der Waals surface area contributed by atoms with Gasteiger partial charge in [-0.05, 0) is 6.07 Å². The lowest BCUT2D eigenvalue weighted by atomic mass is 10.6. The minimum absolute atomic E-state index is 0.215. The fraction of sp³-hybridized carbons (Fsp3) is 0. The second kappa shape index (κ2) is 6.16. The third-order valence-electron chi connectivity index (χ3n) is 0.666. The Morgan fingerprint density at radius 1 is 1.55 bits per heavy atom. The maximum Gasteiger partial charge on any atom is 0.290 e. The molecule has 0 spiro atoms. The van der Waals surface area contributed by atoms with Crippen LogP contribution in [0.1, 0.15) is 5.82 Å². The normalized spacial score (nSPS) is 6.82. The van der Waals surface area contributed by atoms with Crippen molar-refractivity contribution in [3.63, 3.8) is 0 Å². The molecule has 1 heterocycles. The van der Waals surface area contributed by atoms with E-state index in [1.54, 1.807) is 12.1 Å². The van der Waals surface area contributed by atoms with Gasteiger partial charge in [0.25, 0.3) is 6.47 Å². The van der Waals surface area contributed by atoms with Crippen molar-refractivity contribution in [1.29, 1.82) is 5.26 Å². The molecule has 5 nitrogen and oxygen atoms in total. The summed E-state index contributed by atoms with van der Waals surface area (Å²) in [6.07, 6.45) is 3.07. The van der Waals surface area contributed by atoms with Gasteiger partial charge in [0.2, 0.25) is 5.82 Å². The van der Waals surface area contributed by atoms with E-state index in [4.69, 9.17) is 15.2 Å². The van der Waals surface area contributed by atoms with Crippen molar-refractivity contribution in [1.82, 2.24) is 9.97 Å². The van der Waals surface area contributed by atoms with Crippen LogP contribution in [0.5, 0.6) is 0 Å². The van der Waals surface area contributed by atoms with Gasteiger partial charge >= 0.3 is 0 Å². The lowest BCUT2D eigenvalue weighted by molar-refractivity contribution is -0.122. The molecule has 0 saturated carbocycles. The van der Waals surface area contributed by atoms with Crippen molar-refractivity contribution in [3.8, 4) is 6.07 Å². The summed E-state index contributed by atoms with van der Waals surface area (Å²) in [4.78, 5) is 15.6. The average Bonchev–Trinajstić information content (AvgIpc) is 2.08. The number of nitriles is 1. The number of carbonyl (C=O) groups is 1. The Morgan fingerprint density at radius 2 is 2.00 bits per heavy atom. The quantitative estimate of drug-likeness (QED) is 0.529. The van der Waals surface area contributed by atoms with E-state index in [2.05, 4.69) is 9.97 Å². The molecule has 0 atom stereocenters. The lowest BCUT2D eigenvalue weighted by Gasteiger charge is -1.78. The summed E-state index contributed by atoms with van der Waals surface area (Å²) in [5.41, 5.74) is 0. The van der Waals surface area contributed by atoms with Gasteiger partial charge in [0.15, 0.2) is 0 Å². The van der Waals surface area contributed by atoms with Crippen LogP contribution in [0.25, 0.3) is 0 Å². The molecule has 0 bridgehead atoms. The molecule has 0 saturated heterocycles. The Morgan fingerprint density at radius 3 is 2.27 bits per heavy atom. The maximum absolute atomic E-state index is 8.36. The third kappa shape index (κ3) is 4.54. The van der Waals surface area contributed by atoms with Crippen LogP contribution in [-0.2, 0) is 4.79 Å². The van der Waals surface area contributed by atoms with Crippen molar-refractivity contribution in [2.24, 2.45) is 0 Å². The molecule has 0 aliphatic rings. The van der Waals surface area contributed by atoms with Crippen molar-refractivity contribution in [2.45, 2.75) is 0 Å². The number of rotatable bonds is 0. The fourth-order valence-electron chi connectivity index (χ4n) is 0.357. The van der Waals surface area contributed by atoms with Crippen molar-refractivity contribution >= 4 is 6.47 Å². The van der Waals surface area contributed by atoms with Crippen LogP contribution in [0.2, 0.25) is 0 Å². The van der Waals surface area contributed by atoms with Crippen LogP contribution in [0.15, 0.2) is 18.5 Å². The molecule has 1 N–H and O–H groups in total. The van der Waals surface area contributed by atoms with Gasteiger partial charge < -0.3 is 5.11 Å². The monoisotopic (exact) mass is 151 g/mol. The predicted octanol–water partition coefficient (Wildman–Crippen LogP) is 0.0491. The van der Waals surface area contributed by atoms with Gasteiger partial charge in [-0.1, -0.05) is 0 Å². The molecule has 11 heavy (non-hydrogen) atoms. The lowest BCUT2D eigenvalue weighted by Crippen LogP contribution is -1.82. The topological polar surface area (TPSA) is 86.9 Å². The van der Waals surface area contributed by atoms with Crippen LogP contribution in [0.4, 0.5) is 0 Å². The van der Waals surface area contributed by atoms with Gasteiger partial charge in [0.05, 0.1) is 0 Å². The molecule has 0 aromatic carbocycles. The zero-order valence-electron chi connectivity index (χ0n) is 5.51. The highest BCUT2D eigenvalue weighted by atomic mass is 16.3. The minimum Gasteiger partial charge on any atom is -0.483 e. The fourth-order valence-corrected chi connectivity index (χ4v) is 0.357. The van der Waals surface area contributed by atoms with E-state index >= 15 is 0 Å². The summed E-state index contributed by atoms with van der Waals surface area (Å²) in [7, 11) is 0. The molecule has 0 amide bonds. The van der Waals surface area contributed by atoms with Crippen LogP contribution < -0.4 is 0 Å². The van der Waals surface area contributed by atoms with Crippen LogP contribution in [0.3, 0.4) is 0 Å². The van der Waals surface area contributed by atoms with Crippen LogP contribution in [-0.4, -0.2) is 21.5 Å². The molecule has 1 rings (SSSR count). The van der Waals surface area contributed by atoms with Gasteiger partial charge in [0, 0.05) is 12.4 Å². The molecule has 56 valence electrons. The highest BCUT2D eigenvalue weighted by Gasteiger charge is 1.83. The molecular weight excluding hydrogens is 146 g/mol. The zero-order valence-corrected chi connectivity index (χ0v) is 5.51. The van der Waals surface area contributed by atoms with Crippen LogP contribution >= 0.6 is 0 Å². The first-order valence-electron chi connectivity index (χ1n) is 2.60. The number of hydrogen-bond donors (Lipinski definition) is 1. The molecule has 0 aliphatic carbocycles. The first kappa shape index (κ1) is 9.04. The Bertz CT molecular complexity index is 242. The standard InChI is InChI=1S/C5H3N3.CH2O2/c6-4-5-7-2-1-3-8-5;2-1-3/h1-3H;1H,(H,2,3). The highest BCUT2D eigenvalue weighted by molar-refractivity contribution is 5.32. The summed E-state index contributed by atoms with van der Waals surface area (Å²) >= 11 is 0. The first-order chi connectivity index (χ1) is 5.35. The SMILES string of the molecule is N#Cc1ncccn1.O=CO. The maximum atomic E-state index is 8.36. The van der Waals surface area contributed by atoms with E-state index in [0.717, 1.165) is 0 Å². The Hall–Kier alpha value is -1.96. The van der Waals surface area contributed by atoms with Crippen molar-refractivity contribution < 1.29 is 9.90 Å². The molecule has 0 fully saturated rings. The Labute approximate surface area is 63.0 Å². The summed E-state index contributed by atoms with van der Waals surface area (Å²) in [6, 6.07) is 3.47. The Balaban J connectivity index is 0.000000292. The third-order valence-corrected chi connectivity index (χ3v) is 0.666. The number of hydrogen-bond acceptors (Lipinski definition) is 4. The number of nitrogens with zero attached hydrogens (tertiary/aromatic N) is 3. The highest BCUT2D eigenvalue weighted by Crippen LogP contribution is 1.79. The summed E-state index contributed by atoms with van der Waals surface area (Å²) < 4.78 is 0. The van der Waals surface area contributed by atoms with E-state index in [1.807, 2.05) is 0 Å². The second-order valence-electron chi connectivity index (χ2n) is 1.29. The van der Waals surface area contributed by atoms with Gasteiger partial charge in [-0.25, -0.2) is 9.97 Å². The zero-order chi connectivity index (χ0) is 8.53.